The second-order valence-corrected chi connectivity index (χ2v) is 5.45. The van der Waals surface area contributed by atoms with E-state index >= 15 is 0 Å². The summed E-state index contributed by atoms with van der Waals surface area (Å²) in [7, 11) is 0. The highest BCUT2D eigenvalue weighted by Crippen LogP contribution is 2.22. The average Bonchev–Trinajstić information content (AvgIpc) is 2.61. The fourth-order valence-corrected chi connectivity index (χ4v) is 2.13. The van der Waals surface area contributed by atoms with Crippen LogP contribution in [-0.2, 0) is 9.59 Å². The highest BCUT2D eigenvalue weighted by Gasteiger charge is 2.12. The Hall–Kier alpha value is -3.08. The van der Waals surface area contributed by atoms with E-state index in [1.807, 2.05) is 61.5 Å². The molecule has 2 aromatic rings. The summed E-state index contributed by atoms with van der Waals surface area (Å²) in [6.45, 7) is 4.00. The van der Waals surface area contributed by atoms with Gasteiger partial charge in [-0.05, 0) is 49.8 Å². The Balaban J connectivity index is 1.95. The highest BCUT2D eigenvalue weighted by molar-refractivity contribution is 5.95. The van der Waals surface area contributed by atoms with Crippen molar-refractivity contribution in [2.24, 2.45) is 0 Å². The molecule has 130 valence electrons. The molecule has 0 aromatic heterocycles. The van der Waals surface area contributed by atoms with Gasteiger partial charge in [-0.3, -0.25) is 9.59 Å². The Morgan fingerprint density at radius 3 is 2.52 bits per heavy atom. The van der Waals surface area contributed by atoms with Crippen LogP contribution in [0.25, 0.3) is 6.08 Å². The summed E-state index contributed by atoms with van der Waals surface area (Å²) in [6, 6.07) is 16.3. The molecule has 2 N–H and O–H groups in total. The number of nitrogens with one attached hydrogen (secondary N) is 2. The first kappa shape index (κ1) is 18.3. The lowest BCUT2D eigenvalue weighted by atomic mass is 10.2. The van der Waals surface area contributed by atoms with Gasteiger partial charge in [0.1, 0.15) is 17.5 Å². The molecular weight excluding hydrogens is 316 g/mol. The van der Waals surface area contributed by atoms with Crippen LogP contribution in [0.1, 0.15) is 19.4 Å². The van der Waals surface area contributed by atoms with Gasteiger partial charge in [0.05, 0.1) is 0 Å². The molecule has 5 nitrogen and oxygen atoms in total. The largest absolute Gasteiger partial charge is 0.457 e. The van der Waals surface area contributed by atoms with Crippen LogP contribution in [-0.4, -0.2) is 24.4 Å². The molecule has 0 unspecified atom stereocenters. The second-order valence-electron chi connectivity index (χ2n) is 5.45. The van der Waals surface area contributed by atoms with Crippen molar-refractivity contribution in [2.45, 2.75) is 19.9 Å². The van der Waals surface area contributed by atoms with E-state index in [1.54, 1.807) is 13.0 Å². The van der Waals surface area contributed by atoms with Crippen molar-refractivity contribution in [2.75, 3.05) is 6.54 Å². The molecule has 2 aromatic carbocycles. The van der Waals surface area contributed by atoms with Gasteiger partial charge in [0.2, 0.25) is 11.8 Å². The summed E-state index contributed by atoms with van der Waals surface area (Å²) >= 11 is 0. The Kier molecular flexibility index (Phi) is 6.77. The van der Waals surface area contributed by atoms with Gasteiger partial charge >= 0.3 is 0 Å². The Morgan fingerprint density at radius 2 is 1.80 bits per heavy atom. The number of hydrogen-bond donors (Lipinski definition) is 2. The molecule has 0 fully saturated rings. The number of ether oxygens (including phenoxy) is 1. The lowest BCUT2D eigenvalue weighted by molar-refractivity contribution is -0.126. The van der Waals surface area contributed by atoms with Crippen molar-refractivity contribution >= 4 is 17.9 Å². The molecular formula is C20H22N2O3. The van der Waals surface area contributed by atoms with Crippen molar-refractivity contribution in [1.29, 1.82) is 0 Å². The third-order valence-corrected chi connectivity index (χ3v) is 3.37. The van der Waals surface area contributed by atoms with Crippen LogP contribution in [0.4, 0.5) is 0 Å². The van der Waals surface area contributed by atoms with E-state index < -0.39 is 6.04 Å². The van der Waals surface area contributed by atoms with Gasteiger partial charge in [0, 0.05) is 12.6 Å². The zero-order valence-electron chi connectivity index (χ0n) is 14.4. The number of carbonyl (C=O) groups is 2. The van der Waals surface area contributed by atoms with E-state index in [9.17, 15) is 9.59 Å². The molecule has 5 heteroatoms. The average molecular weight is 338 g/mol. The van der Waals surface area contributed by atoms with E-state index in [0.717, 1.165) is 11.3 Å². The van der Waals surface area contributed by atoms with Gasteiger partial charge in [-0.2, -0.15) is 0 Å². The standard InChI is InChI=1S/C20H22N2O3/c1-3-21-20(24)15(2)22-19(23)13-12-16-8-7-11-18(14-16)25-17-9-5-4-6-10-17/h4-15H,3H2,1-2H3,(H,21,24)(H,22,23)/b13-12+/t15-/m1/s1. The molecule has 2 amide bonds. The highest BCUT2D eigenvalue weighted by atomic mass is 16.5. The molecule has 0 aliphatic carbocycles. The maximum Gasteiger partial charge on any atom is 0.244 e. The maximum atomic E-state index is 11.9. The van der Waals surface area contributed by atoms with Crippen LogP contribution in [0.15, 0.2) is 60.7 Å². The minimum Gasteiger partial charge on any atom is -0.457 e. The summed E-state index contributed by atoms with van der Waals surface area (Å²) in [5, 5.41) is 5.28. The monoisotopic (exact) mass is 338 g/mol. The van der Waals surface area contributed by atoms with Crippen LogP contribution in [0.3, 0.4) is 0 Å². The molecule has 25 heavy (non-hydrogen) atoms. The molecule has 0 radical (unpaired) electrons. The molecule has 0 aliphatic rings. The summed E-state index contributed by atoms with van der Waals surface area (Å²) in [4.78, 5) is 23.5. The summed E-state index contributed by atoms with van der Waals surface area (Å²) in [5.74, 6) is 0.900. The van der Waals surface area contributed by atoms with Crippen LogP contribution in [0.5, 0.6) is 11.5 Å². The second kappa shape index (κ2) is 9.27. The van der Waals surface area contributed by atoms with Crippen molar-refractivity contribution in [1.82, 2.24) is 10.6 Å². The Labute approximate surface area is 147 Å². The van der Waals surface area contributed by atoms with E-state index in [4.69, 9.17) is 4.74 Å². The lowest BCUT2D eigenvalue weighted by Gasteiger charge is -2.11. The minimum atomic E-state index is -0.579. The van der Waals surface area contributed by atoms with Crippen LogP contribution >= 0.6 is 0 Å². The number of hydrogen-bond acceptors (Lipinski definition) is 3. The normalized spacial score (nSPS) is 11.8. The lowest BCUT2D eigenvalue weighted by Crippen LogP contribution is -2.44. The number of carbonyl (C=O) groups excluding carboxylic acids is 2. The van der Waals surface area contributed by atoms with Gasteiger partial charge in [0.15, 0.2) is 0 Å². The molecule has 0 spiro atoms. The molecule has 0 heterocycles. The number of rotatable bonds is 7. The third kappa shape index (κ3) is 6.14. The first-order chi connectivity index (χ1) is 12.1. The molecule has 0 bridgehead atoms. The number of likely N-dealkylation sites (N-methyl/N-ethyl adjacent to an activating group) is 1. The molecule has 0 saturated heterocycles. The van der Waals surface area contributed by atoms with Crippen LogP contribution in [0.2, 0.25) is 0 Å². The van der Waals surface area contributed by atoms with Crippen molar-refractivity contribution < 1.29 is 14.3 Å². The summed E-state index contributed by atoms with van der Waals surface area (Å²) in [6.07, 6.45) is 3.08. The first-order valence-electron chi connectivity index (χ1n) is 8.17. The van der Waals surface area contributed by atoms with Crippen LogP contribution in [0, 0.1) is 0 Å². The molecule has 2 rings (SSSR count). The molecule has 0 aliphatic heterocycles. The number of para-hydroxylation sites is 1. The summed E-state index contributed by atoms with van der Waals surface area (Å²) < 4.78 is 5.76. The smallest absolute Gasteiger partial charge is 0.244 e. The molecule has 0 saturated carbocycles. The zero-order valence-corrected chi connectivity index (χ0v) is 14.4. The number of amides is 2. The predicted molar refractivity (Wildman–Crippen MR) is 98.3 cm³/mol. The minimum absolute atomic E-state index is 0.206. The fourth-order valence-electron chi connectivity index (χ4n) is 2.13. The van der Waals surface area contributed by atoms with Gasteiger partial charge in [-0.15, -0.1) is 0 Å². The quantitative estimate of drug-likeness (QED) is 0.762. The van der Waals surface area contributed by atoms with E-state index in [1.165, 1.54) is 6.08 Å². The SMILES string of the molecule is CCNC(=O)[C@@H](C)NC(=O)/C=C/c1cccc(Oc2ccccc2)c1. The Morgan fingerprint density at radius 1 is 1.08 bits per heavy atom. The van der Waals surface area contributed by atoms with E-state index in [-0.39, 0.29) is 11.8 Å². The number of benzene rings is 2. The van der Waals surface area contributed by atoms with E-state index in [0.29, 0.717) is 12.3 Å². The van der Waals surface area contributed by atoms with Crippen molar-refractivity contribution in [3.63, 3.8) is 0 Å². The topological polar surface area (TPSA) is 67.4 Å². The summed E-state index contributed by atoms with van der Waals surface area (Å²) in [5.41, 5.74) is 0.828. The Bertz CT molecular complexity index is 742. The predicted octanol–water partition coefficient (Wildman–Crippen LogP) is 3.13. The molecule has 1 atom stereocenters. The van der Waals surface area contributed by atoms with Crippen molar-refractivity contribution in [3.05, 3.63) is 66.2 Å². The van der Waals surface area contributed by atoms with Gasteiger partial charge < -0.3 is 15.4 Å². The first-order valence-corrected chi connectivity index (χ1v) is 8.17. The van der Waals surface area contributed by atoms with Gasteiger partial charge in [-0.1, -0.05) is 30.3 Å². The van der Waals surface area contributed by atoms with Gasteiger partial charge in [-0.25, -0.2) is 0 Å². The van der Waals surface area contributed by atoms with Crippen molar-refractivity contribution in [3.8, 4) is 11.5 Å². The maximum absolute atomic E-state index is 11.9. The third-order valence-electron chi connectivity index (χ3n) is 3.37. The van der Waals surface area contributed by atoms with Gasteiger partial charge in [0.25, 0.3) is 0 Å². The van der Waals surface area contributed by atoms with E-state index in [2.05, 4.69) is 10.6 Å². The van der Waals surface area contributed by atoms with Crippen LogP contribution < -0.4 is 15.4 Å². The fraction of sp³-hybridized carbons (Fsp3) is 0.200. The zero-order chi connectivity index (χ0) is 18.1.